The Balaban J connectivity index is 3.02. The third-order valence-corrected chi connectivity index (χ3v) is 3.36. The minimum Gasteiger partial charge on any atom is -0.508 e. The van der Waals surface area contributed by atoms with Crippen LogP contribution in [0.3, 0.4) is 0 Å². The highest BCUT2D eigenvalue weighted by atomic mass is 16.5. The summed E-state index contributed by atoms with van der Waals surface area (Å²) in [6.07, 6.45) is 4.57. The first kappa shape index (κ1) is 15.8. The number of hydrogen-bond acceptors (Lipinski definition) is 3. The summed E-state index contributed by atoms with van der Waals surface area (Å²) in [7, 11) is 0. The molecular weight excluding hydrogens is 240 g/mol. The van der Waals surface area contributed by atoms with Gasteiger partial charge in [0.25, 0.3) is 0 Å². The van der Waals surface area contributed by atoms with Gasteiger partial charge in [0, 0.05) is 11.8 Å². The lowest BCUT2D eigenvalue weighted by molar-refractivity contribution is -0.150. The van der Waals surface area contributed by atoms with E-state index in [0.717, 1.165) is 12.0 Å². The van der Waals surface area contributed by atoms with Gasteiger partial charge >= 0.3 is 5.97 Å². The van der Waals surface area contributed by atoms with Crippen LogP contribution in [0, 0.1) is 10.8 Å². The molecule has 0 aliphatic heterocycles. The number of rotatable bonds is 3. The molecule has 0 spiro atoms. The van der Waals surface area contributed by atoms with Gasteiger partial charge in [0.15, 0.2) is 0 Å². The predicted octanol–water partition coefficient (Wildman–Crippen LogP) is 4.15. The molecule has 1 rings (SSSR count). The number of hydrogen-bond donors (Lipinski definition) is 1. The van der Waals surface area contributed by atoms with Gasteiger partial charge < -0.3 is 9.84 Å². The highest BCUT2D eigenvalue weighted by Gasteiger charge is 2.37. The van der Waals surface area contributed by atoms with Crippen molar-refractivity contribution in [3.63, 3.8) is 0 Å². The van der Waals surface area contributed by atoms with Crippen molar-refractivity contribution in [3.05, 3.63) is 23.5 Å². The van der Waals surface area contributed by atoms with Crippen LogP contribution in [-0.4, -0.2) is 17.2 Å². The first-order valence-electron chi connectivity index (χ1n) is 6.92. The van der Waals surface area contributed by atoms with Crippen LogP contribution in [0.25, 0.3) is 0 Å². The molecule has 1 unspecified atom stereocenters. The summed E-state index contributed by atoms with van der Waals surface area (Å²) in [5, 5.41) is 10.1. The van der Waals surface area contributed by atoms with Gasteiger partial charge in [0.1, 0.15) is 11.9 Å². The van der Waals surface area contributed by atoms with E-state index in [1.165, 1.54) is 0 Å². The lowest BCUT2D eigenvalue weighted by atomic mass is 9.74. The summed E-state index contributed by atoms with van der Waals surface area (Å²) in [6.45, 7) is 12.0. The maximum absolute atomic E-state index is 11.7. The van der Waals surface area contributed by atoms with Gasteiger partial charge in [-0.05, 0) is 29.6 Å². The van der Waals surface area contributed by atoms with Gasteiger partial charge in [0.05, 0.1) is 0 Å². The van der Waals surface area contributed by atoms with Crippen LogP contribution in [-0.2, 0) is 9.53 Å². The first-order chi connectivity index (χ1) is 8.58. The topological polar surface area (TPSA) is 46.5 Å². The Bertz CT molecular complexity index is 408. The second kappa shape index (κ2) is 5.40. The number of allylic oxidation sites excluding steroid dienone is 1. The second-order valence-electron chi connectivity index (χ2n) is 6.84. The van der Waals surface area contributed by atoms with Crippen LogP contribution in [0.2, 0.25) is 0 Å². The van der Waals surface area contributed by atoms with E-state index in [4.69, 9.17) is 4.74 Å². The molecule has 0 bridgehead atoms. The summed E-state index contributed by atoms with van der Waals surface area (Å²) >= 11 is 0. The largest absolute Gasteiger partial charge is 0.508 e. The molecule has 0 saturated heterocycles. The molecule has 0 aromatic rings. The molecule has 0 amide bonds. The average Bonchev–Trinajstić information content (AvgIpc) is 2.19. The van der Waals surface area contributed by atoms with E-state index in [1.807, 2.05) is 47.6 Å². The Morgan fingerprint density at radius 1 is 1.42 bits per heavy atom. The van der Waals surface area contributed by atoms with Crippen molar-refractivity contribution in [1.82, 2.24) is 0 Å². The van der Waals surface area contributed by atoms with E-state index in [2.05, 4.69) is 0 Å². The molecule has 3 nitrogen and oxygen atoms in total. The summed E-state index contributed by atoms with van der Waals surface area (Å²) in [6, 6.07) is 0. The fourth-order valence-electron chi connectivity index (χ4n) is 2.19. The number of esters is 1. The van der Waals surface area contributed by atoms with Gasteiger partial charge in [-0.1, -0.05) is 41.5 Å². The third-order valence-electron chi connectivity index (χ3n) is 3.36. The standard InChI is InChI=1S/C16H26O3/c1-7-8-14(18)19-13-9-11(15(2,3)4)12(17)10-16(13,5)6/h9-10,13,17H,7-8H2,1-6H3. The Hall–Kier alpha value is -1.25. The van der Waals surface area contributed by atoms with E-state index in [0.29, 0.717) is 12.2 Å². The van der Waals surface area contributed by atoms with E-state index >= 15 is 0 Å². The van der Waals surface area contributed by atoms with E-state index in [9.17, 15) is 9.90 Å². The Kier molecular flexibility index (Phi) is 4.49. The monoisotopic (exact) mass is 266 g/mol. The molecule has 1 aliphatic rings. The quantitative estimate of drug-likeness (QED) is 0.780. The number of aliphatic hydroxyl groups is 1. The molecule has 0 aromatic heterocycles. The summed E-state index contributed by atoms with van der Waals surface area (Å²) in [5.74, 6) is 0.111. The van der Waals surface area contributed by atoms with Gasteiger partial charge in [-0.15, -0.1) is 0 Å². The second-order valence-corrected chi connectivity index (χ2v) is 6.84. The average molecular weight is 266 g/mol. The van der Waals surface area contributed by atoms with Gasteiger partial charge in [-0.25, -0.2) is 0 Å². The van der Waals surface area contributed by atoms with Crippen molar-refractivity contribution in [2.45, 2.75) is 60.5 Å². The molecule has 0 radical (unpaired) electrons. The highest BCUT2D eigenvalue weighted by Crippen LogP contribution is 2.40. The van der Waals surface area contributed by atoms with E-state index in [1.54, 1.807) is 6.08 Å². The van der Waals surface area contributed by atoms with Crippen LogP contribution in [0.1, 0.15) is 54.4 Å². The van der Waals surface area contributed by atoms with Gasteiger partial charge in [0.2, 0.25) is 0 Å². The molecule has 0 heterocycles. The zero-order valence-corrected chi connectivity index (χ0v) is 12.9. The minimum absolute atomic E-state index is 0.174. The highest BCUT2D eigenvalue weighted by molar-refractivity contribution is 5.70. The molecule has 3 heteroatoms. The number of carbonyl (C=O) groups excluding carboxylic acids is 1. The molecule has 1 aliphatic carbocycles. The Morgan fingerprint density at radius 3 is 2.47 bits per heavy atom. The van der Waals surface area contributed by atoms with Crippen molar-refractivity contribution < 1.29 is 14.6 Å². The van der Waals surface area contributed by atoms with Crippen LogP contribution >= 0.6 is 0 Å². The zero-order chi connectivity index (χ0) is 14.8. The Labute approximate surface area is 116 Å². The molecule has 0 saturated carbocycles. The van der Waals surface area contributed by atoms with Crippen LogP contribution in [0.15, 0.2) is 23.5 Å². The van der Waals surface area contributed by atoms with Crippen molar-refractivity contribution in [2.24, 2.45) is 10.8 Å². The smallest absolute Gasteiger partial charge is 0.306 e. The maximum atomic E-state index is 11.7. The minimum atomic E-state index is -0.387. The zero-order valence-electron chi connectivity index (χ0n) is 12.9. The van der Waals surface area contributed by atoms with Crippen LogP contribution < -0.4 is 0 Å². The summed E-state index contributed by atoms with van der Waals surface area (Å²) in [4.78, 5) is 11.7. The normalized spacial score (nSPS) is 22.5. The van der Waals surface area contributed by atoms with Crippen molar-refractivity contribution in [1.29, 1.82) is 0 Å². The fourth-order valence-corrected chi connectivity index (χ4v) is 2.19. The summed E-state index contributed by atoms with van der Waals surface area (Å²) in [5.41, 5.74) is 0.274. The van der Waals surface area contributed by atoms with E-state index in [-0.39, 0.29) is 22.9 Å². The number of ether oxygens (including phenoxy) is 1. The van der Waals surface area contributed by atoms with Crippen molar-refractivity contribution in [3.8, 4) is 0 Å². The fraction of sp³-hybridized carbons (Fsp3) is 0.688. The molecular formula is C16H26O3. The lowest BCUT2D eigenvalue weighted by Gasteiger charge is -2.36. The van der Waals surface area contributed by atoms with Crippen molar-refractivity contribution in [2.75, 3.05) is 0 Å². The lowest BCUT2D eigenvalue weighted by Crippen LogP contribution is -2.35. The first-order valence-corrected chi connectivity index (χ1v) is 6.92. The van der Waals surface area contributed by atoms with Crippen molar-refractivity contribution >= 4 is 5.97 Å². The predicted molar refractivity (Wildman–Crippen MR) is 76.8 cm³/mol. The molecule has 1 atom stereocenters. The SMILES string of the molecule is CCCC(=O)OC1C=C(C(C)(C)C)C(O)=CC1(C)C. The Morgan fingerprint density at radius 2 is 2.00 bits per heavy atom. The van der Waals surface area contributed by atoms with E-state index < -0.39 is 0 Å². The molecule has 19 heavy (non-hydrogen) atoms. The molecule has 108 valence electrons. The number of carbonyl (C=O) groups is 1. The number of aliphatic hydroxyl groups excluding tert-OH is 1. The molecule has 0 aromatic carbocycles. The molecule has 1 N–H and O–H groups in total. The van der Waals surface area contributed by atoms with Crippen LogP contribution in [0.4, 0.5) is 0 Å². The third kappa shape index (κ3) is 3.85. The maximum Gasteiger partial charge on any atom is 0.306 e. The van der Waals surface area contributed by atoms with Gasteiger partial charge in [-0.2, -0.15) is 0 Å². The van der Waals surface area contributed by atoms with Crippen LogP contribution in [0.5, 0.6) is 0 Å². The summed E-state index contributed by atoms with van der Waals surface area (Å²) < 4.78 is 5.55. The van der Waals surface area contributed by atoms with Gasteiger partial charge in [-0.3, -0.25) is 4.79 Å². The molecule has 0 fully saturated rings.